The maximum absolute atomic E-state index is 11.5. The number of rotatable bonds is 3. The Balaban J connectivity index is 2.29. The molecule has 3 nitrogen and oxygen atoms in total. The van der Waals surface area contributed by atoms with Crippen molar-refractivity contribution in [2.24, 2.45) is 0 Å². The molecule has 1 aromatic rings. The fraction of sp³-hybridized carbons (Fsp3) is 0.600. The van der Waals surface area contributed by atoms with E-state index in [1.165, 1.54) is 0 Å². The first-order chi connectivity index (χ1) is 9.12. The molecule has 1 saturated heterocycles. The van der Waals surface area contributed by atoms with Gasteiger partial charge in [0.05, 0.1) is 11.2 Å². The van der Waals surface area contributed by atoms with Crippen LogP contribution in [0.4, 0.5) is 0 Å². The van der Waals surface area contributed by atoms with Gasteiger partial charge in [-0.3, -0.25) is 4.21 Å². The molecule has 0 N–H and O–H groups in total. The van der Waals surface area contributed by atoms with Gasteiger partial charge in [0.2, 0.25) is 0 Å². The molecular formula is C15H23BO3S. The minimum atomic E-state index is -0.849. The summed E-state index contributed by atoms with van der Waals surface area (Å²) in [7, 11) is -1.21. The molecule has 0 radical (unpaired) electrons. The molecule has 0 aromatic heterocycles. The zero-order valence-electron chi connectivity index (χ0n) is 13.1. The lowest BCUT2D eigenvalue weighted by Crippen LogP contribution is -2.41. The van der Waals surface area contributed by atoms with Crippen LogP contribution in [0.25, 0.3) is 0 Å². The third-order valence-electron chi connectivity index (χ3n) is 4.26. The van der Waals surface area contributed by atoms with Crippen LogP contribution < -0.4 is 5.46 Å². The molecule has 110 valence electrons. The van der Waals surface area contributed by atoms with Gasteiger partial charge < -0.3 is 9.31 Å². The van der Waals surface area contributed by atoms with Gasteiger partial charge in [0, 0.05) is 22.8 Å². The van der Waals surface area contributed by atoms with Crippen molar-refractivity contribution in [3.8, 4) is 0 Å². The SMILES string of the molecule is Cc1ccc(B2OC(C)(C)C(C)(C)O2)cc1CS(C)=O. The number of hydrogen-bond donors (Lipinski definition) is 0. The quantitative estimate of drug-likeness (QED) is 0.802. The Morgan fingerprint density at radius 1 is 1.15 bits per heavy atom. The van der Waals surface area contributed by atoms with E-state index >= 15 is 0 Å². The lowest BCUT2D eigenvalue weighted by atomic mass is 9.78. The van der Waals surface area contributed by atoms with Crippen LogP contribution in [-0.2, 0) is 25.9 Å². The molecule has 0 aliphatic carbocycles. The Kier molecular flexibility index (Phi) is 4.16. The summed E-state index contributed by atoms with van der Waals surface area (Å²) < 4.78 is 23.6. The minimum Gasteiger partial charge on any atom is -0.399 e. The average Bonchev–Trinajstić information content (AvgIpc) is 2.50. The maximum Gasteiger partial charge on any atom is 0.494 e. The molecule has 1 aromatic carbocycles. The van der Waals surface area contributed by atoms with Crippen LogP contribution in [-0.4, -0.2) is 28.8 Å². The van der Waals surface area contributed by atoms with Gasteiger partial charge in [0.15, 0.2) is 0 Å². The Morgan fingerprint density at radius 2 is 1.70 bits per heavy atom. The van der Waals surface area contributed by atoms with E-state index in [9.17, 15) is 4.21 Å². The van der Waals surface area contributed by atoms with Crippen LogP contribution in [0.15, 0.2) is 18.2 Å². The van der Waals surface area contributed by atoms with Gasteiger partial charge in [-0.05, 0) is 51.2 Å². The third-order valence-corrected chi connectivity index (χ3v) is 4.97. The highest BCUT2D eigenvalue weighted by Crippen LogP contribution is 2.36. The first kappa shape index (κ1) is 15.7. The monoisotopic (exact) mass is 294 g/mol. The van der Waals surface area contributed by atoms with Crippen LogP contribution >= 0.6 is 0 Å². The maximum atomic E-state index is 11.5. The smallest absolute Gasteiger partial charge is 0.399 e. The highest BCUT2D eigenvalue weighted by atomic mass is 32.2. The molecule has 0 bridgehead atoms. The standard InChI is InChI=1S/C15H23BO3S/c1-11-7-8-13(9-12(11)10-20(6)17)16-18-14(2,3)15(4,5)19-16/h7-9H,10H2,1-6H3. The van der Waals surface area contributed by atoms with Crippen molar-refractivity contribution in [3.63, 3.8) is 0 Å². The number of hydrogen-bond acceptors (Lipinski definition) is 3. The van der Waals surface area contributed by atoms with Crippen molar-refractivity contribution in [2.45, 2.75) is 51.6 Å². The van der Waals surface area contributed by atoms with Crippen LogP contribution in [0.2, 0.25) is 0 Å². The Hall–Kier alpha value is -0.645. The Morgan fingerprint density at radius 3 is 2.20 bits per heavy atom. The van der Waals surface area contributed by atoms with Crippen molar-refractivity contribution in [1.82, 2.24) is 0 Å². The van der Waals surface area contributed by atoms with Gasteiger partial charge in [-0.1, -0.05) is 18.2 Å². The summed E-state index contributed by atoms with van der Waals surface area (Å²) in [6.07, 6.45) is 1.72. The van der Waals surface area contributed by atoms with Crippen LogP contribution in [0.5, 0.6) is 0 Å². The van der Waals surface area contributed by atoms with E-state index in [2.05, 4.69) is 6.07 Å². The molecule has 5 heteroatoms. The molecule has 20 heavy (non-hydrogen) atoms. The summed E-state index contributed by atoms with van der Waals surface area (Å²) in [5.74, 6) is 0.569. The van der Waals surface area contributed by atoms with E-state index in [-0.39, 0.29) is 18.3 Å². The fourth-order valence-electron chi connectivity index (χ4n) is 2.19. The van der Waals surface area contributed by atoms with Crippen LogP contribution in [0.1, 0.15) is 38.8 Å². The van der Waals surface area contributed by atoms with E-state index in [1.54, 1.807) is 6.26 Å². The molecule has 2 rings (SSSR count). The second-order valence-electron chi connectivity index (χ2n) is 6.49. The first-order valence-electron chi connectivity index (χ1n) is 6.87. The van der Waals surface area contributed by atoms with Gasteiger partial charge in [0.1, 0.15) is 0 Å². The lowest BCUT2D eigenvalue weighted by Gasteiger charge is -2.32. The predicted molar refractivity (Wildman–Crippen MR) is 84.7 cm³/mol. The Bertz CT molecular complexity index is 524. The summed E-state index contributed by atoms with van der Waals surface area (Å²) in [6, 6.07) is 6.13. The molecule has 1 fully saturated rings. The molecule has 0 spiro atoms. The molecule has 0 saturated carbocycles. The second kappa shape index (κ2) is 5.28. The highest BCUT2D eigenvalue weighted by Gasteiger charge is 2.51. The molecule has 1 aliphatic heterocycles. The summed E-state index contributed by atoms with van der Waals surface area (Å²) in [6.45, 7) is 10.2. The van der Waals surface area contributed by atoms with Gasteiger partial charge in [-0.25, -0.2) is 0 Å². The average molecular weight is 294 g/mol. The zero-order valence-corrected chi connectivity index (χ0v) is 14.0. The van der Waals surface area contributed by atoms with Gasteiger partial charge in [-0.2, -0.15) is 0 Å². The fourth-order valence-corrected chi connectivity index (χ4v) is 2.94. The van der Waals surface area contributed by atoms with Gasteiger partial charge in [-0.15, -0.1) is 0 Å². The van der Waals surface area contributed by atoms with Gasteiger partial charge in [0.25, 0.3) is 0 Å². The number of aryl methyl sites for hydroxylation is 1. The van der Waals surface area contributed by atoms with Crippen molar-refractivity contribution >= 4 is 23.4 Å². The van der Waals surface area contributed by atoms with Crippen LogP contribution in [0, 0.1) is 6.92 Å². The molecule has 1 aliphatic rings. The minimum absolute atomic E-state index is 0.337. The van der Waals surface area contributed by atoms with E-state index < -0.39 is 10.8 Å². The number of benzene rings is 1. The van der Waals surface area contributed by atoms with Crippen LogP contribution in [0.3, 0.4) is 0 Å². The molecule has 1 atom stereocenters. The van der Waals surface area contributed by atoms with E-state index in [1.807, 2.05) is 46.8 Å². The second-order valence-corrected chi connectivity index (χ2v) is 7.93. The molecular weight excluding hydrogens is 271 g/mol. The van der Waals surface area contributed by atoms with E-state index in [4.69, 9.17) is 9.31 Å². The van der Waals surface area contributed by atoms with Crippen molar-refractivity contribution < 1.29 is 13.5 Å². The summed E-state index contributed by atoms with van der Waals surface area (Å²) in [5, 5.41) is 0. The largest absolute Gasteiger partial charge is 0.494 e. The zero-order chi connectivity index (χ0) is 15.1. The normalized spacial score (nSPS) is 22.0. The lowest BCUT2D eigenvalue weighted by molar-refractivity contribution is 0.00578. The highest BCUT2D eigenvalue weighted by molar-refractivity contribution is 7.83. The molecule has 0 amide bonds. The van der Waals surface area contributed by atoms with Crippen molar-refractivity contribution in [1.29, 1.82) is 0 Å². The summed E-state index contributed by atoms with van der Waals surface area (Å²) >= 11 is 0. The summed E-state index contributed by atoms with van der Waals surface area (Å²) in [4.78, 5) is 0. The van der Waals surface area contributed by atoms with E-state index in [0.29, 0.717) is 5.75 Å². The third kappa shape index (κ3) is 3.00. The van der Waals surface area contributed by atoms with Crippen molar-refractivity contribution in [3.05, 3.63) is 29.3 Å². The van der Waals surface area contributed by atoms with Crippen molar-refractivity contribution in [2.75, 3.05) is 6.26 Å². The molecule has 1 unspecified atom stereocenters. The molecule has 1 heterocycles. The van der Waals surface area contributed by atoms with E-state index in [0.717, 1.165) is 16.6 Å². The Labute approximate surface area is 124 Å². The van der Waals surface area contributed by atoms with Gasteiger partial charge >= 0.3 is 7.12 Å². The summed E-state index contributed by atoms with van der Waals surface area (Å²) in [5.41, 5.74) is 2.57. The predicted octanol–water partition coefficient (Wildman–Crippen LogP) is 2.17. The first-order valence-corrected chi connectivity index (χ1v) is 8.60. The topological polar surface area (TPSA) is 35.5 Å².